The minimum atomic E-state index is 0.295. The van der Waals surface area contributed by atoms with Crippen LogP contribution < -0.4 is 0 Å². The number of ether oxygens (including phenoxy) is 2. The van der Waals surface area contributed by atoms with Crippen molar-refractivity contribution in [1.82, 2.24) is 0 Å². The van der Waals surface area contributed by atoms with Crippen molar-refractivity contribution < 1.29 is 9.47 Å². The summed E-state index contributed by atoms with van der Waals surface area (Å²) in [5.41, 5.74) is 0. The second-order valence-corrected chi connectivity index (χ2v) is 3.20. The van der Waals surface area contributed by atoms with Gasteiger partial charge in [-0.25, -0.2) is 0 Å². The van der Waals surface area contributed by atoms with Crippen LogP contribution in [0.2, 0.25) is 0 Å². The first-order valence-electron chi connectivity index (χ1n) is 5.10. The summed E-state index contributed by atoms with van der Waals surface area (Å²) in [4.78, 5) is 0. The second-order valence-electron chi connectivity index (χ2n) is 3.20. The first-order chi connectivity index (χ1) is 6.35. The fraction of sp³-hybridized carbons (Fsp3) is 0.818. The molecule has 1 unspecified atom stereocenters. The Labute approximate surface area is 81.9 Å². The zero-order valence-electron chi connectivity index (χ0n) is 8.92. The minimum Gasteiger partial charge on any atom is -0.499 e. The van der Waals surface area contributed by atoms with Crippen molar-refractivity contribution in [3.8, 4) is 0 Å². The SMILES string of the molecule is C=COC(CCCCC)CCOC. The van der Waals surface area contributed by atoms with E-state index in [0.29, 0.717) is 6.10 Å². The molecule has 0 aromatic rings. The van der Waals surface area contributed by atoms with E-state index in [9.17, 15) is 0 Å². The third-order valence-electron chi connectivity index (χ3n) is 2.06. The van der Waals surface area contributed by atoms with E-state index in [1.165, 1.54) is 25.5 Å². The van der Waals surface area contributed by atoms with Crippen LogP contribution >= 0.6 is 0 Å². The van der Waals surface area contributed by atoms with Crippen LogP contribution in [-0.4, -0.2) is 19.8 Å². The van der Waals surface area contributed by atoms with Crippen molar-refractivity contribution in [2.75, 3.05) is 13.7 Å². The van der Waals surface area contributed by atoms with Crippen molar-refractivity contribution in [2.24, 2.45) is 0 Å². The number of unbranched alkanes of at least 4 members (excludes halogenated alkanes) is 2. The molecule has 78 valence electrons. The summed E-state index contributed by atoms with van der Waals surface area (Å²) in [6, 6.07) is 0. The molecule has 0 fully saturated rings. The number of methoxy groups -OCH3 is 1. The maximum absolute atomic E-state index is 5.37. The molecule has 0 aliphatic carbocycles. The Kier molecular flexibility index (Phi) is 9.22. The van der Waals surface area contributed by atoms with Gasteiger partial charge in [0.25, 0.3) is 0 Å². The quantitative estimate of drug-likeness (QED) is 0.407. The molecular formula is C11H22O2. The fourth-order valence-corrected chi connectivity index (χ4v) is 1.29. The summed E-state index contributed by atoms with van der Waals surface area (Å²) in [5.74, 6) is 0. The predicted octanol–water partition coefficient (Wildman–Crippen LogP) is 3.13. The normalized spacial score (nSPS) is 12.5. The molecule has 2 nitrogen and oxygen atoms in total. The zero-order chi connectivity index (χ0) is 9.94. The van der Waals surface area contributed by atoms with Crippen LogP contribution in [0, 0.1) is 0 Å². The van der Waals surface area contributed by atoms with Gasteiger partial charge in [-0.15, -0.1) is 0 Å². The highest BCUT2D eigenvalue weighted by Crippen LogP contribution is 2.10. The lowest BCUT2D eigenvalue weighted by Gasteiger charge is -2.15. The van der Waals surface area contributed by atoms with E-state index in [4.69, 9.17) is 9.47 Å². The third kappa shape index (κ3) is 7.85. The molecule has 0 saturated heterocycles. The summed E-state index contributed by atoms with van der Waals surface area (Å²) in [6.45, 7) is 6.55. The molecule has 0 saturated carbocycles. The van der Waals surface area contributed by atoms with Crippen LogP contribution in [0.3, 0.4) is 0 Å². The van der Waals surface area contributed by atoms with E-state index < -0.39 is 0 Å². The second kappa shape index (κ2) is 9.59. The molecule has 0 bridgehead atoms. The molecule has 0 spiro atoms. The van der Waals surface area contributed by atoms with Crippen molar-refractivity contribution in [1.29, 1.82) is 0 Å². The lowest BCUT2D eigenvalue weighted by molar-refractivity contribution is 0.0867. The highest BCUT2D eigenvalue weighted by molar-refractivity contribution is 4.62. The van der Waals surface area contributed by atoms with Gasteiger partial charge >= 0.3 is 0 Å². The summed E-state index contributed by atoms with van der Waals surface area (Å²) in [6.07, 6.45) is 7.68. The summed E-state index contributed by atoms with van der Waals surface area (Å²) in [5, 5.41) is 0. The Hall–Kier alpha value is -0.500. The molecule has 0 aromatic heterocycles. The van der Waals surface area contributed by atoms with Gasteiger partial charge in [-0.1, -0.05) is 26.3 Å². The first kappa shape index (κ1) is 12.5. The van der Waals surface area contributed by atoms with Gasteiger partial charge in [0.1, 0.15) is 0 Å². The maximum Gasteiger partial charge on any atom is 0.1000 e. The number of hydrogen-bond donors (Lipinski definition) is 0. The molecule has 2 heteroatoms. The largest absolute Gasteiger partial charge is 0.499 e. The molecule has 0 aliphatic heterocycles. The standard InChI is InChI=1S/C11H22O2/c1-4-6-7-8-11(13-5-2)9-10-12-3/h5,11H,2,4,6-10H2,1,3H3. The van der Waals surface area contributed by atoms with E-state index in [-0.39, 0.29) is 0 Å². The van der Waals surface area contributed by atoms with Gasteiger partial charge in [-0.2, -0.15) is 0 Å². The molecule has 1 atom stereocenters. The topological polar surface area (TPSA) is 18.5 Å². The van der Waals surface area contributed by atoms with Crippen LogP contribution in [0.1, 0.15) is 39.0 Å². The Morgan fingerprint density at radius 2 is 2.08 bits per heavy atom. The Morgan fingerprint density at radius 1 is 1.31 bits per heavy atom. The van der Waals surface area contributed by atoms with E-state index >= 15 is 0 Å². The average molecular weight is 186 g/mol. The molecule has 0 amide bonds. The zero-order valence-corrected chi connectivity index (χ0v) is 8.92. The Balaban J connectivity index is 3.47. The van der Waals surface area contributed by atoms with E-state index in [2.05, 4.69) is 13.5 Å². The van der Waals surface area contributed by atoms with Crippen LogP contribution in [0.25, 0.3) is 0 Å². The summed E-state index contributed by atoms with van der Waals surface area (Å²) >= 11 is 0. The monoisotopic (exact) mass is 186 g/mol. The predicted molar refractivity (Wildman–Crippen MR) is 55.7 cm³/mol. The summed E-state index contributed by atoms with van der Waals surface area (Å²) in [7, 11) is 1.72. The molecule has 0 rings (SSSR count). The van der Waals surface area contributed by atoms with Gasteiger partial charge in [0, 0.05) is 20.1 Å². The molecule has 13 heavy (non-hydrogen) atoms. The van der Waals surface area contributed by atoms with Gasteiger partial charge in [-0.05, 0) is 12.8 Å². The van der Waals surface area contributed by atoms with Crippen molar-refractivity contribution in [3.63, 3.8) is 0 Å². The number of rotatable bonds is 9. The first-order valence-corrected chi connectivity index (χ1v) is 5.10. The van der Waals surface area contributed by atoms with Crippen LogP contribution in [-0.2, 0) is 9.47 Å². The fourth-order valence-electron chi connectivity index (χ4n) is 1.29. The van der Waals surface area contributed by atoms with E-state index in [0.717, 1.165) is 19.4 Å². The Bertz CT molecular complexity index is 113. The van der Waals surface area contributed by atoms with Gasteiger partial charge in [0.05, 0.1) is 12.4 Å². The summed E-state index contributed by atoms with van der Waals surface area (Å²) < 4.78 is 10.4. The van der Waals surface area contributed by atoms with Crippen molar-refractivity contribution in [3.05, 3.63) is 12.8 Å². The van der Waals surface area contributed by atoms with Gasteiger partial charge in [0.15, 0.2) is 0 Å². The van der Waals surface area contributed by atoms with Gasteiger partial charge in [-0.3, -0.25) is 0 Å². The third-order valence-corrected chi connectivity index (χ3v) is 2.06. The lowest BCUT2D eigenvalue weighted by Crippen LogP contribution is -2.12. The Morgan fingerprint density at radius 3 is 2.62 bits per heavy atom. The van der Waals surface area contributed by atoms with Crippen molar-refractivity contribution >= 4 is 0 Å². The highest BCUT2D eigenvalue weighted by atomic mass is 16.5. The molecule has 0 heterocycles. The van der Waals surface area contributed by atoms with Crippen LogP contribution in [0.5, 0.6) is 0 Å². The van der Waals surface area contributed by atoms with E-state index in [1.807, 2.05) is 0 Å². The molecule has 0 aromatic carbocycles. The highest BCUT2D eigenvalue weighted by Gasteiger charge is 2.06. The molecule has 0 aliphatic rings. The van der Waals surface area contributed by atoms with Crippen LogP contribution in [0.4, 0.5) is 0 Å². The van der Waals surface area contributed by atoms with Crippen molar-refractivity contribution in [2.45, 2.75) is 45.1 Å². The van der Waals surface area contributed by atoms with Crippen LogP contribution in [0.15, 0.2) is 12.8 Å². The molecule has 0 radical (unpaired) electrons. The van der Waals surface area contributed by atoms with Gasteiger partial charge in [0.2, 0.25) is 0 Å². The molecule has 0 N–H and O–H groups in total. The maximum atomic E-state index is 5.37. The number of hydrogen-bond acceptors (Lipinski definition) is 2. The minimum absolute atomic E-state index is 0.295. The van der Waals surface area contributed by atoms with E-state index in [1.54, 1.807) is 7.11 Å². The van der Waals surface area contributed by atoms with Gasteiger partial charge < -0.3 is 9.47 Å². The molecular weight excluding hydrogens is 164 g/mol. The smallest absolute Gasteiger partial charge is 0.1000 e. The average Bonchev–Trinajstić information content (AvgIpc) is 2.14. The lowest BCUT2D eigenvalue weighted by atomic mass is 10.1.